The Hall–Kier alpha value is -7.55. The molecule has 3 aromatic heterocycles. The molecule has 250 valence electrons. The summed E-state index contributed by atoms with van der Waals surface area (Å²) in [7, 11) is 0. The van der Waals surface area contributed by atoms with Crippen LogP contribution in [-0.4, -0.2) is 19.1 Å². The second-order valence-corrected chi connectivity index (χ2v) is 13.7. The van der Waals surface area contributed by atoms with Crippen LogP contribution in [0.4, 0.5) is 0 Å². The summed E-state index contributed by atoms with van der Waals surface area (Å²) in [6, 6.07) is 64.3. The van der Waals surface area contributed by atoms with Gasteiger partial charge in [0.1, 0.15) is 6.07 Å². The number of aromatic nitrogens is 4. The van der Waals surface area contributed by atoms with E-state index in [0.29, 0.717) is 11.6 Å². The van der Waals surface area contributed by atoms with Gasteiger partial charge in [0.2, 0.25) is 5.95 Å². The molecule has 0 N–H and O–H groups in total. The zero-order valence-electron chi connectivity index (χ0n) is 29.0. The average molecular weight is 688 g/mol. The molecule has 0 spiro atoms. The Labute approximate surface area is 310 Å². The summed E-state index contributed by atoms with van der Waals surface area (Å²) < 4.78 is 4.50. The maximum atomic E-state index is 10.2. The zero-order valence-corrected chi connectivity index (χ0v) is 29.0. The van der Waals surface area contributed by atoms with Gasteiger partial charge in [-0.15, -0.1) is 0 Å². The number of nitrogens with zero attached hydrogens (tertiary/aromatic N) is 5. The summed E-state index contributed by atoms with van der Waals surface area (Å²) in [6.45, 7) is 0. The highest BCUT2D eigenvalue weighted by Crippen LogP contribution is 2.43. The average Bonchev–Trinajstić information content (AvgIpc) is 3.76. The third kappa shape index (κ3) is 4.44. The first-order valence-corrected chi connectivity index (χ1v) is 18.1. The topological polar surface area (TPSA) is 59.4 Å². The third-order valence-corrected chi connectivity index (χ3v) is 10.8. The van der Waals surface area contributed by atoms with Crippen molar-refractivity contribution in [2.75, 3.05) is 0 Å². The van der Waals surface area contributed by atoms with Gasteiger partial charge in [-0.3, -0.25) is 4.57 Å². The van der Waals surface area contributed by atoms with E-state index in [0.717, 1.165) is 65.9 Å². The number of benzene rings is 8. The van der Waals surface area contributed by atoms with Crippen LogP contribution in [0.15, 0.2) is 176 Å². The van der Waals surface area contributed by atoms with Crippen LogP contribution in [-0.2, 0) is 0 Å². The summed E-state index contributed by atoms with van der Waals surface area (Å²) >= 11 is 0. The number of rotatable bonds is 4. The fourth-order valence-electron chi connectivity index (χ4n) is 8.41. The smallest absolute Gasteiger partial charge is 0.236 e. The largest absolute Gasteiger partial charge is 0.309 e. The van der Waals surface area contributed by atoms with Crippen LogP contribution < -0.4 is 0 Å². The van der Waals surface area contributed by atoms with E-state index in [1.165, 1.54) is 27.3 Å². The number of fused-ring (bicyclic) bond motifs is 9. The summed E-state index contributed by atoms with van der Waals surface area (Å²) in [5, 5.41) is 17.9. The van der Waals surface area contributed by atoms with Crippen LogP contribution in [0, 0.1) is 11.3 Å². The van der Waals surface area contributed by atoms with Crippen molar-refractivity contribution in [3.63, 3.8) is 0 Å². The Kier molecular flexibility index (Phi) is 6.55. The minimum Gasteiger partial charge on any atom is -0.309 e. The highest BCUT2D eigenvalue weighted by molar-refractivity contribution is 6.24. The van der Waals surface area contributed by atoms with E-state index in [1.807, 2.05) is 30.3 Å². The Morgan fingerprint density at radius 2 is 1.06 bits per heavy atom. The lowest BCUT2D eigenvalue weighted by molar-refractivity contribution is 1.00. The molecule has 0 bridgehead atoms. The zero-order chi connectivity index (χ0) is 35.8. The van der Waals surface area contributed by atoms with Crippen molar-refractivity contribution in [3.05, 3.63) is 182 Å². The Bertz CT molecular complexity index is 3350. The Balaban J connectivity index is 1.18. The lowest BCUT2D eigenvalue weighted by Crippen LogP contribution is -2.03. The van der Waals surface area contributed by atoms with Crippen molar-refractivity contribution >= 4 is 65.3 Å². The molecule has 0 saturated heterocycles. The van der Waals surface area contributed by atoms with E-state index in [2.05, 4.69) is 161 Å². The van der Waals surface area contributed by atoms with E-state index in [-0.39, 0.29) is 0 Å². The molecule has 3 heterocycles. The van der Waals surface area contributed by atoms with Crippen molar-refractivity contribution in [1.29, 1.82) is 5.26 Å². The summed E-state index contributed by atoms with van der Waals surface area (Å²) in [5.41, 5.74) is 11.1. The van der Waals surface area contributed by atoms with E-state index >= 15 is 0 Å². The fourth-order valence-corrected chi connectivity index (χ4v) is 8.41. The molecule has 11 aromatic rings. The molecule has 0 unspecified atom stereocenters. The van der Waals surface area contributed by atoms with Crippen LogP contribution in [0.3, 0.4) is 0 Å². The molecule has 0 amide bonds. The quantitative estimate of drug-likeness (QED) is 0.185. The SMILES string of the molecule is N#Cc1nc(-n2c3ccccc3c3c4ccccc4c(-c4ccc5c(c4)c4ccccc4n5-c4cccc(-c5ccccc5)c4)cc32)nc2ccccc12. The van der Waals surface area contributed by atoms with Gasteiger partial charge in [0, 0.05) is 32.6 Å². The predicted molar refractivity (Wildman–Crippen MR) is 221 cm³/mol. The van der Waals surface area contributed by atoms with E-state index < -0.39 is 0 Å². The first kappa shape index (κ1) is 30.1. The number of nitriles is 1. The maximum Gasteiger partial charge on any atom is 0.236 e. The molecule has 0 radical (unpaired) electrons. The van der Waals surface area contributed by atoms with Gasteiger partial charge in [-0.25, -0.2) is 9.97 Å². The van der Waals surface area contributed by atoms with E-state index in [9.17, 15) is 5.26 Å². The van der Waals surface area contributed by atoms with Crippen molar-refractivity contribution in [1.82, 2.24) is 19.1 Å². The van der Waals surface area contributed by atoms with Gasteiger partial charge in [-0.05, 0) is 87.6 Å². The molecule has 8 aromatic carbocycles. The number of para-hydroxylation sites is 3. The normalized spacial score (nSPS) is 11.7. The molecule has 54 heavy (non-hydrogen) atoms. The molecule has 0 atom stereocenters. The van der Waals surface area contributed by atoms with Crippen LogP contribution in [0.1, 0.15) is 5.69 Å². The Morgan fingerprint density at radius 1 is 0.407 bits per heavy atom. The lowest BCUT2D eigenvalue weighted by Gasteiger charge is -2.13. The first-order valence-electron chi connectivity index (χ1n) is 18.1. The molecule has 11 rings (SSSR count). The standard InChI is InChI=1S/C49H29N5/c50-30-43-38-20-6-9-22-42(38)51-49(52-43)54-45-24-11-8-21-39(45)48-37-19-5-4-17-35(37)40(29-47(48)54)33-25-26-46-41(28-33)36-18-7-10-23-44(36)53(46)34-16-12-15-32(27-34)31-13-2-1-3-14-31/h1-29H. The van der Waals surface area contributed by atoms with Crippen molar-refractivity contribution in [2.45, 2.75) is 0 Å². The second kappa shape index (κ2) is 11.7. The van der Waals surface area contributed by atoms with Crippen LogP contribution in [0.2, 0.25) is 0 Å². The van der Waals surface area contributed by atoms with Gasteiger partial charge in [0.05, 0.1) is 27.6 Å². The highest BCUT2D eigenvalue weighted by atomic mass is 15.2. The van der Waals surface area contributed by atoms with Gasteiger partial charge in [0.15, 0.2) is 5.69 Å². The molecule has 0 aliphatic heterocycles. The molecular weight excluding hydrogens is 659 g/mol. The molecule has 0 saturated carbocycles. The predicted octanol–water partition coefficient (Wildman–Crippen LogP) is 12.2. The van der Waals surface area contributed by atoms with E-state index in [4.69, 9.17) is 9.97 Å². The van der Waals surface area contributed by atoms with Crippen molar-refractivity contribution in [2.24, 2.45) is 0 Å². The maximum absolute atomic E-state index is 10.2. The minimum absolute atomic E-state index is 0.360. The van der Waals surface area contributed by atoms with Gasteiger partial charge < -0.3 is 4.57 Å². The van der Waals surface area contributed by atoms with Crippen LogP contribution in [0.25, 0.3) is 99.2 Å². The molecule has 0 aliphatic rings. The molecule has 0 fully saturated rings. The third-order valence-electron chi connectivity index (χ3n) is 10.8. The molecular formula is C49H29N5. The van der Waals surface area contributed by atoms with Crippen LogP contribution in [0.5, 0.6) is 0 Å². The lowest BCUT2D eigenvalue weighted by atomic mass is 9.94. The highest BCUT2D eigenvalue weighted by Gasteiger charge is 2.21. The monoisotopic (exact) mass is 687 g/mol. The number of hydrogen-bond donors (Lipinski definition) is 0. The number of hydrogen-bond acceptors (Lipinski definition) is 3. The van der Waals surface area contributed by atoms with Gasteiger partial charge in [-0.2, -0.15) is 5.26 Å². The summed E-state index contributed by atoms with van der Waals surface area (Å²) in [5.74, 6) is 0.480. The molecule has 5 nitrogen and oxygen atoms in total. The summed E-state index contributed by atoms with van der Waals surface area (Å²) in [6.07, 6.45) is 0. The second-order valence-electron chi connectivity index (χ2n) is 13.7. The van der Waals surface area contributed by atoms with Crippen LogP contribution >= 0.6 is 0 Å². The minimum atomic E-state index is 0.360. The Morgan fingerprint density at radius 3 is 1.87 bits per heavy atom. The van der Waals surface area contributed by atoms with Gasteiger partial charge in [0.25, 0.3) is 0 Å². The first-order chi connectivity index (χ1) is 26.7. The van der Waals surface area contributed by atoms with Crippen molar-refractivity contribution < 1.29 is 0 Å². The molecule has 5 heteroatoms. The summed E-state index contributed by atoms with van der Waals surface area (Å²) in [4.78, 5) is 9.90. The van der Waals surface area contributed by atoms with E-state index in [1.54, 1.807) is 0 Å². The fraction of sp³-hybridized carbons (Fsp3) is 0. The molecule has 0 aliphatic carbocycles. The van der Waals surface area contributed by atoms with Gasteiger partial charge in [-0.1, -0.05) is 121 Å². The van der Waals surface area contributed by atoms with Gasteiger partial charge >= 0.3 is 0 Å². The van der Waals surface area contributed by atoms with Crippen molar-refractivity contribution in [3.8, 4) is 40.0 Å².